The van der Waals surface area contributed by atoms with Crippen LogP contribution in [0.4, 0.5) is 60.4 Å². The van der Waals surface area contributed by atoms with Crippen molar-refractivity contribution in [3.05, 3.63) is 84.1 Å². The van der Waals surface area contributed by atoms with Crippen molar-refractivity contribution in [1.82, 2.24) is 14.9 Å². The number of aromatic nitrogens is 2. The Labute approximate surface area is 279 Å². The lowest BCUT2D eigenvalue weighted by Gasteiger charge is -2.16. The van der Waals surface area contributed by atoms with E-state index in [1.54, 1.807) is 19.1 Å². The molecule has 4 rings (SSSR count). The van der Waals surface area contributed by atoms with Gasteiger partial charge in [-0.05, 0) is 75.1 Å². The molecule has 4 N–H and O–H groups in total. The van der Waals surface area contributed by atoms with Gasteiger partial charge < -0.3 is 30.9 Å². The molecule has 4 aromatic rings. The van der Waals surface area contributed by atoms with Gasteiger partial charge in [0.1, 0.15) is 17.5 Å². The molecule has 3 amide bonds. The molecular weight excluding hydrogens is 675 g/mol. The van der Waals surface area contributed by atoms with E-state index in [9.17, 15) is 31.4 Å². The maximum atomic E-state index is 15.2. The molecule has 0 fully saturated rings. The number of carbonyl (C=O) groups is 2. The van der Waals surface area contributed by atoms with Crippen molar-refractivity contribution < 1.29 is 40.5 Å². The van der Waals surface area contributed by atoms with E-state index in [-0.39, 0.29) is 23.1 Å². The van der Waals surface area contributed by atoms with E-state index in [0.29, 0.717) is 53.9 Å². The summed E-state index contributed by atoms with van der Waals surface area (Å²) < 4.78 is 89.1. The highest BCUT2D eigenvalue weighted by molar-refractivity contribution is 7.75. The van der Waals surface area contributed by atoms with Gasteiger partial charge in [-0.1, -0.05) is 12.1 Å². The van der Waals surface area contributed by atoms with Crippen LogP contribution < -0.4 is 21.3 Å². The Balaban J connectivity index is 1.55. The second-order valence-corrected chi connectivity index (χ2v) is 11.7. The first-order valence-electron chi connectivity index (χ1n) is 14.5. The van der Waals surface area contributed by atoms with Gasteiger partial charge >= 0.3 is 18.3 Å². The molecule has 0 radical (unpaired) electrons. The first-order valence-corrected chi connectivity index (χ1v) is 15.7. The van der Waals surface area contributed by atoms with Gasteiger partial charge in [-0.2, -0.15) is 18.2 Å². The number of anilines is 5. The van der Waals surface area contributed by atoms with Crippen LogP contribution in [0, 0.1) is 11.6 Å². The SMILES string of the molecule is CCOC(=O)/N=[SH](=O)\c1cccc(Nc2ncc(-c3ccc(NC(=O)Nc4cc(C(F)(F)F)ccc4F)c(F)c3)c(NCCN(C)C)n2)c1. The lowest BCUT2D eigenvalue weighted by atomic mass is 10.1. The van der Waals surface area contributed by atoms with Crippen molar-refractivity contribution >= 4 is 51.5 Å². The molecule has 12 nitrogen and oxygen atoms in total. The van der Waals surface area contributed by atoms with E-state index in [0.717, 1.165) is 6.07 Å². The van der Waals surface area contributed by atoms with Crippen LogP contribution in [0.25, 0.3) is 11.1 Å². The van der Waals surface area contributed by atoms with Crippen molar-refractivity contribution in [2.45, 2.75) is 18.0 Å². The van der Waals surface area contributed by atoms with Crippen LogP contribution in [0.1, 0.15) is 12.5 Å². The second kappa shape index (κ2) is 16.2. The van der Waals surface area contributed by atoms with Crippen molar-refractivity contribution in [3.63, 3.8) is 0 Å². The first kappa shape index (κ1) is 36.5. The Bertz CT molecular complexity index is 1920. The molecule has 0 saturated heterocycles. The van der Waals surface area contributed by atoms with Crippen LogP contribution >= 0.6 is 0 Å². The summed E-state index contributed by atoms with van der Waals surface area (Å²) in [5.41, 5.74) is -1.11. The summed E-state index contributed by atoms with van der Waals surface area (Å²) in [6.45, 7) is 2.75. The molecule has 0 aliphatic carbocycles. The minimum Gasteiger partial charge on any atom is -0.448 e. The van der Waals surface area contributed by atoms with E-state index in [2.05, 4.69) is 30.3 Å². The number of rotatable bonds is 11. The number of alkyl halides is 3. The monoisotopic (exact) mass is 706 g/mol. The summed E-state index contributed by atoms with van der Waals surface area (Å²) in [5.74, 6) is -1.57. The van der Waals surface area contributed by atoms with Crippen LogP contribution in [0.15, 0.2) is 76.1 Å². The van der Waals surface area contributed by atoms with Gasteiger partial charge in [0.2, 0.25) is 5.95 Å². The average molecular weight is 707 g/mol. The maximum absolute atomic E-state index is 15.2. The molecule has 49 heavy (non-hydrogen) atoms. The van der Waals surface area contributed by atoms with Gasteiger partial charge in [-0.3, -0.25) is 0 Å². The first-order chi connectivity index (χ1) is 23.2. The zero-order valence-electron chi connectivity index (χ0n) is 26.2. The number of likely N-dealkylation sites (N-methyl/N-ethyl adjacent to an activating group) is 1. The number of nitrogens with zero attached hydrogens (tertiary/aromatic N) is 4. The van der Waals surface area contributed by atoms with Crippen molar-refractivity contribution in [3.8, 4) is 11.1 Å². The third-order valence-corrected chi connectivity index (χ3v) is 7.54. The van der Waals surface area contributed by atoms with Crippen LogP contribution in [-0.4, -0.2) is 65.0 Å². The minimum atomic E-state index is -4.77. The zero-order chi connectivity index (χ0) is 35.7. The Morgan fingerprint density at radius 2 is 1.73 bits per heavy atom. The highest BCUT2D eigenvalue weighted by atomic mass is 32.2. The third kappa shape index (κ3) is 10.3. The predicted molar refractivity (Wildman–Crippen MR) is 175 cm³/mol. The number of nitrogens with one attached hydrogen (secondary N) is 4. The molecule has 3 aromatic carbocycles. The van der Waals surface area contributed by atoms with Gasteiger partial charge in [-0.25, -0.2) is 27.6 Å². The van der Waals surface area contributed by atoms with Gasteiger partial charge in [0.05, 0.1) is 34.1 Å². The lowest BCUT2D eigenvalue weighted by Crippen LogP contribution is -2.21. The average Bonchev–Trinajstić information content (AvgIpc) is 3.03. The van der Waals surface area contributed by atoms with Gasteiger partial charge in [0.25, 0.3) is 0 Å². The smallest absolute Gasteiger partial charge is 0.441 e. The minimum absolute atomic E-state index is 0.0882. The number of carbonyl (C=O) groups excluding carboxylic acids is 2. The molecule has 0 bridgehead atoms. The maximum Gasteiger partial charge on any atom is 0.441 e. The third-order valence-electron chi connectivity index (χ3n) is 6.47. The molecule has 1 aromatic heterocycles. The zero-order valence-corrected chi connectivity index (χ0v) is 27.1. The fraction of sp³-hybridized carbons (Fsp3) is 0.226. The molecule has 1 atom stereocenters. The summed E-state index contributed by atoms with van der Waals surface area (Å²) >= 11 is 0. The molecule has 1 unspecified atom stereocenters. The number of hydrogen-bond acceptors (Lipinski definition) is 9. The van der Waals surface area contributed by atoms with E-state index in [1.807, 2.05) is 24.3 Å². The number of thiol groups is 1. The van der Waals surface area contributed by atoms with Gasteiger partial charge in [0.15, 0.2) is 0 Å². The summed E-state index contributed by atoms with van der Waals surface area (Å²) in [6, 6.07) is 10.4. The van der Waals surface area contributed by atoms with Gasteiger partial charge in [-0.15, -0.1) is 4.36 Å². The van der Waals surface area contributed by atoms with E-state index < -0.39 is 51.8 Å². The Kier molecular flexibility index (Phi) is 12.0. The van der Waals surface area contributed by atoms with E-state index in [1.165, 1.54) is 30.5 Å². The number of amides is 3. The molecule has 1 heterocycles. The van der Waals surface area contributed by atoms with Crippen LogP contribution in [0.2, 0.25) is 0 Å². The summed E-state index contributed by atoms with van der Waals surface area (Å²) in [4.78, 5) is 35.1. The molecule has 260 valence electrons. The van der Waals surface area contributed by atoms with Crippen molar-refractivity contribution in [1.29, 1.82) is 0 Å². The van der Waals surface area contributed by atoms with Crippen LogP contribution in [0.3, 0.4) is 0 Å². The highest BCUT2D eigenvalue weighted by Gasteiger charge is 2.31. The fourth-order valence-electron chi connectivity index (χ4n) is 4.16. The van der Waals surface area contributed by atoms with Crippen LogP contribution in [0.5, 0.6) is 0 Å². The fourth-order valence-corrected chi connectivity index (χ4v) is 4.94. The molecule has 0 aliphatic rings. The number of halogens is 5. The van der Waals surface area contributed by atoms with Crippen molar-refractivity contribution in [2.75, 3.05) is 55.1 Å². The predicted octanol–water partition coefficient (Wildman–Crippen LogP) is 6.98. The normalized spacial score (nSPS) is 12.0. The largest absolute Gasteiger partial charge is 0.448 e. The summed E-state index contributed by atoms with van der Waals surface area (Å²) in [5, 5.41) is 10.3. The molecule has 18 heteroatoms. The number of urea groups is 1. The number of ether oxygens (including phenoxy) is 1. The molecule has 0 saturated carbocycles. The number of benzene rings is 3. The molecule has 0 aliphatic heterocycles. The lowest BCUT2D eigenvalue weighted by molar-refractivity contribution is -0.137. The second-order valence-electron chi connectivity index (χ2n) is 10.4. The van der Waals surface area contributed by atoms with Crippen molar-refractivity contribution in [2.24, 2.45) is 4.36 Å². The summed E-state index contributed by atoms with van der Waals surface area (Å²) in [7, 11) is 1.32. The molecule has 0 spiro atoms. The Hall–Kier alpha value is -5.36. The number of hydrogen-bond donors (Lipinski definition) is 5. The Morgan fingerprint density at radius 3 is 2.43 bits per heavy atom. The summed E-state index contributed by atoms with van der Waals surface area (Å²) in [6.07, 6.45) is -4.28. The van der Waals surface area contributed by atoms with E-state index in [4.69, 9.17) is 4.74 Å². The van der Waals surface area contributed by atoms with E-state index >= 15 is 4.39 Å². The molecular formula is C31H31F5N8O4S. The standard InChI is InChI=1S/C31H31F5N8O4S/c1-4-48-30(46)43-49(47)21-7-5-6-20(16-21)39-28-38-17-22(27(42-28)37-12-13-44(2)3)18-8-11-25(24(33)14-18)40-29(45)41-26-15-19(31(34,35)36)9-10-23(26)32/h5-11,14-17,49H,4,12-13H2,1-3H3,(H2,40,41,45)(H2,37,38,39,42). The Morgan fingerprint density at radius 1 is 0.980 bits per heavy atom. The van der Waals surface area contributed by atoms with Gasteiger partial charge in [0, 0.05) is 35.4 Å². The quantitative estimate of drug-likeness (QED) is 0.0823. The highest BCUT2D eigenvalue weighted by Crippen LogP contribution is 2.33. The topological polar surface area (TPSA) is 150 Å². The van der Waals surface area contributed by atoms with Crippen LogP contribution in [-0.2, 0) is 21.5 Å².